The molecular weight excluding hydrogens is 234 g/mol. The standard InChI is InChI=1S/C13H13NO4/c1-2-18-10-6-4-3-5-9(10)13(17)14-11(15)7-8-12(14)16/h3-6H,2,7-8H2,1H3. The first-order valence-corrected chi connectivity index (χ1v) is 5.77. The fourth-order valence-corrected chi connectivity index (χ4v) is 1.85. The second kappa shape index (κ2) is 5.00. The lowest BCUT2D eigenvalue weighted by Gasteiger charge is -2.14. The minimum atomic E-state index is -0.605. The van der Waals surface area contributed by atoms with Crippen LogP contribution in [-0.4, -0.2) is 29.2 Å². The molecule has 5 nitrogen and oxygen atoms in total. The molecule has 1 aromatic carbocycles. The van der Waals surface area contributed by atoms with Crippen LogP contribution in [0.1, 0.15) is 30.1 Å². The minimum Gasteiger partial charge on any atom is -0.493 e. The van der Waals surface area contributed by atoms with Crippen molar-refractivity contribution in [2.45, 2.75) is 19.8 Å². The maximum Gasteiger partial charge on any atom is 0.271 e. The third kappa shape index (κ3) is 2.11. The van der Waals surface area contributed by atoms with Gasteiger partial charge in [0, 0.05) is 12.8 Å². The van der Waals surface area contributed by atoms with Crippen LogP contribution in [0.15, 0.2) is 24.3 Å². The van der Waals surface area contributed by atoms with Crippen LogP contribution in [0.5, 0.6) is 5.75 Å². The number of hydrogen-bond acceptors (Lipinski definition) is 4. The van der Waals surface area contributed by atoms with Gasteiger partial charge < -0.3 is 4.74 Å². The predicted octanol–water partition coefficient (Wildman–Crippen LogP) is 1.37. The number of nitrogens with zero attached hydrogens (tertiary/aromatic N) is 1. The normalized spacial score (nSPS) is 15.1. The van der Waals surface area contributed by atoms with Crippen LogP contribution in [-0.2, 0) is 9.59 Å². The Hall–Kier alpha value is -2.17. The van der Waals surface area contributed by atoms with Crippen LogP contribution in [0.4, 0.5) is 0 Å². The fourth-order valence-electron chi connectivity index (χ4n) is 1.85. The quantitative estimate of drug-likeness (QED) is 0.757. The number of ether oxygens (including phenoxy) is 1. The summed E-state index contributed by atoms with van der Waals surface area (Å²) < 4.78 is 5.32. The van der Waals surface area contributed by atoms with Crippen LogP contribution in [0, 0.1) is 0 Å². The monoisotopic (exact) mass is 247 g/mol. The van der Waals surface area contributed by atoms with Gasteiger partial charge in [0.2, 0.25) is 11.8 Å². The van der Waals surface area contributed by atoms with Gasteiger partial charge in [-0.3, -0.25) is 14.4 Å². The van der Waals surface area contributed by atoms with E-state index in [4.69, 9.17) is 4.74 Å². The largest absolute Gasteiger partial charge is 0.493 e. The number of carbonyl (C=O) groups is 3. The number of carbonyl (C=O) groups excluding carboxylic acids is 3. The highest BCUT2D eigenvalue weighted by atomic mass is 16.5. The molecule has 1 aliphatic rings. The molecule has 0 N–H and O–H groups in total. The average molecular weight is 247 g/mol. The number of hydrogen-bond donors (Lipinski definition) is 0. The molecule has 5 heteroatoms. The summed E-state index contributed by atoms with van der Waals surface area (Å²) in [4.78, 5) is 35.9. The van der Waals surface area contributed by atoms with Crippen molar-refractivity contribution >= 4 is 17.7 Å². The first kappa shape index (κ1) is 12.3. The van der Waals surface area contributed by atoms with E-state index in [0.29, 0.717) is 17.3 Å². The van der Waals surface area contributed by atoms with E-state index in [-0.39, 0.29) is 18.4 Å². The molecule has 1 aromatic rings. The van der Waals surface area contributed by atoms with E-state index in [9.17, 15) is 14.4 Å². The summed E-state index contributed by atoms with van der Waals surface area (Å²) in [6.45, 7) is 2.21. The molecule has 2 rings (SSSR count). The lowest BCUT2D eigenvalue weighted by Crippen LogP contribution is -2.35. The highest BCUT2D eigenvalue weighted by molar-refractivity contribution is 6.20. The molecule has 0 aliphatic carbocycles. The molecule has 0 aromatic heterocycles. The summed E-state index contributed by atoms with van der Waals surface area (Å²) in [5.41, 5.74) is 0.239. The smallest absolute Gasteiger partial charge is 0.271 e. The van der Waals surface area contributed by atoms with Crippen molar-refractivity contribution in [1.82, 2.24) is 4.90 Å². The molecule has 18 heavy (non-hydrogen) atoms. The Bertz CT molecular complexity index is 493. The lowest BCUT2D eigenvalue weighted by molar-refractivity contribution is -0.134. The first-order valence-electron chi connectivity index (χ1n) is 5.77. The Labute approximate surface area is 104 Å². The van der Waals surface area contributed by atoms with E-state index >= 15 is 0 Å². The van der Waals surface area contributed by atoms with Crippen molar-refractivity contribution in [3.63, 3.8) is 0 Å². The van der Waals surface area contributed by atoms with Gasteiger partial charge in [0.25, 0.3) is 5.91 Å². The van der Waals surface area contributed by atoms with E-state index in [1.807, 2.05) is 0 Å². The zero-order valence-electron chi connectivity index (χ0n) is 10.0. The molecule has 1 saturated heterocycles. The first-order chi connectivity index (χ1) is 8.65. The summed E-state index contributed by atoms with van der Waals surface area (Å²) in [6, 6.07) is 6.59. The van der Waals surface area contributed by atoms with Gasteiger partial charge in [0.15, 0.2) is 0 Å². The van der Waals surface area contributed by atoms with Gasteiger partial charge in [-0.05, 0) is 19.1 Å². The third-order valence-corrected chi connectivity index (χ3v) is 2.67. The van der Waals surface area contributed by atoms with Crippen LogP contribution >= 0.6 is 0 Å². The molecule has 94 valence electrons. The van der Waals surface area contributed by atoms with Crippen LogP contribution in [0.25, 0.3) is 0 Å². The summed E-state index contributed by atoms with van der Waals surface area (Å²) in [5.74, 6) is -1.11. The molecule has 0 radical (unpaired) electrons. The van der Waals surface area contributed by atoms with Gasteiger partial charge in [-0.15, -0.1) is 0 Å². The van der Waals surface area contributed by atoms with Gasteiger partial charge in [0.05, 0.1) is 12.2 Å². The molecule has 1 aliphatic heterocycles. The van der Waals surface area contributed by atoms with Crippen molar-refractivity contribution in [3.8, 4) is 5.75 Å². The molecule has 3 amide bonds. The molecule has 0 spiro atoms. The number of rotatable bonds is 3. The van der Waals surface area contributed by atoms with Gasteiger partial charge in [-0.25, -0.2) is 4.90 Å². The zero-order chi connectivity index (χ0) is 13.1. The van der Waals surface area contributed by atoms with E-state index in [2.05, 4.69) is 0 Å². The minimum absolute atomic E-state index is 0.0986. The second-order valence-corrected chi connectivity index (χ2v) is 3.86. The SMILES string of the molecule is CCOc1ccccc1C(=O)N1C(=O)CCC1=O. The summed E-state index contributed by atoms with van der Waals surface area (Å²) in [6.07, 6.45) is 0.197. The Morgan fingerprint density at radius 2 is 1.83 bits per heavy atom. The van der Waals surface area contributed by atoms with Crippen LogP contribution in [0.3, 0.4) is 0 Å². The maximum atomic E-state index is 12.2. The topological polar surface area (TPSA) is 63.7 Å². The van der Waals surface area contributed by atoms with Gasteiger partial charge in [-0.2, -0.15) is 0 Å². The summed E-state index contributed by atoms with van der Waals surface area (Å²) in [5, 5.41) is 0. The maximum absolute atomic E-state index is 12.2. The predicted molar refractivity (Wildman–Crippen MR) is 63.0 cm³/mol. The summed E-state index contributed by atoms with van der Waals surface area (Å²) >= 11 is 0. The van der Waals surface area contributed by atoms with E-state index in [0.717, 1.165) is 0 Å². The van der Waals surface area contributed by atoms with Gasteiger partial charge >= 0.3 is 0 Å². The van der Waals surface area contributed by atoms with Crippen molar-refractivity contribution in [1.29, 1.82) is 0 Å². The zero-order valence-corrected chi connectivity index (χ0v) is 10.0. The number of benzene rings is 1. The number of imide groups is 3. The van der Waals surface area contributed by atoms with Crippen molar-refractivity contribution < 1.29 is 19.1 Å². The Kier molecular flexibility index (Phi) is 3.41. The van der Waals surface area contributed by atoms with Gasteiger partial charge in [-0.1, -0.05) is 12.1 Å². The second-order valence-electron chi connectivity index (χ2n) is 3.86. The van der Waals surface area contributed by atoms with Crippen LogP contribution < -0.4 is 4.74 Å². The van der Waals surface area contributed by atoms with Crippen molar-refractivity contribution in [3.05, 3.63) is 29.8 Å². The van der Waals surface area contributed by atoms with E-state index < -0.39 is 17.7 Å². The Morgan fingerprint density at radius 3 is 2.44 bits per heavy atom. The molecule has 0 bridgehead atoms. The number of para-hydroxylation sites is 1. The van der Waals surface area contributed by atoms with Crippen LogP contribution in [0.2, 0.25) is 0 Å². The van der Waals surface area contributed by atoms with Crippen molar-refractivity contribution in [2.24, 2.45) is 0 Å². The highest BCUT2D eigenvalue weighted by Crippen LogP contribution is 2.23. The Balaban J connectivity index is 2.34. The number of amides is 3. The fraction of sp³-hybridized carbons (Fsp3) is 0.308. The van der Waals surface area contributed by atoms with E-state index in [1.54, 1.807) is 31.2 Å². The number of likely N-dealkylation sites (tertiary alicyclic amines) is 1. The average Bonchev–Trinajstić information content (AvgIpc) is 2.69. The molecule has 1 fully saturated rings. The molecule has 1 heterocycles. The lowest BCUT2D eigenvalue weighted by atomic mass is 10.1. The highest BCUT2D eigenvalue weighted by Gasteiger charge is 2.35. The summed E-state index contributed by atoms with van der Waals surface area (Å²) in [7, 11) is 0. The van der Waals surface area contributed by atoms with Crippen molar-refractivity contribution in [2.75, 3.05) is 6.61 Å². The van der Waals surface area contributed by atoms with E-state index in [1.165, 1.54) is 0 Å². The molecule has 0 atom stereocenters. The van der Waals surface area contributed by atoms with Gasteiger partial charge in [0.1, 0.15) is 5.75 Å². The third-order valence-electron chi connectivity index (χ3n) is 2.67. The molecule has 0 saturated carbocycles. The molecule has 0 unspecified atom stereocenters. The molecular formula is C13H13NO4. The Morgan fingerprint density at radius 1 is 1.22 bits per heavy atom.